The molecule has 0 aliphatic rings. The summed E-state index contributed by atoms with van der Waals surface area (Å²) in [5.74, 6) is 0.688. The van der Waals surface area contributed by atoms with Crippen molar-refractivity contribution in [1.82, 2.24) is 0 Å². The average molecular weight is 481 g/mol. The van der Waals surface area contributed by atoms with Crippen LogP contribution in [0.4, 0.5) is 11.4 Å². The summed E-state index contributed by atoms with van der Waals surface area (Å²) < 4.78 is 32.0. The molecular formula is C28H36N2O3S. The van der Waals surface area contributed by atoms with E-state index < -0.39 is 9.84 Å². The number of rotatable bonds is 9. The molecule has 0 aliphatic heterocycles. The van der Waals surface area contributed by atoms with E-state index in [-0.39, 0.29) is 0 Å². The minimum atomic E-state index is -3.49. The van der Waals surface area contributed by atoms with Crippen LogP contribution in [-0.4, -0.2) is 48.5 Å². The van der Waals surface area contributed by atoms with Gasteiger partial charge in [0.1, 0.15) is 5.75 Å². The van der Waals surface area contributed by atoms with Gasteiger partial charge in [-0.25, -0.2) is 8.42 Å². The maximum Gasteiger partial charge on any atom is 0.176 e. The molecule has 0 radical (unpaired) electrons. The molecule has 0 aliphatic carbocycles. The van der Waals surface area contributed by atoms with Gasteiger partial charge in [0, 0.05) is 62.0 Å². The van der Waals surface area contributed by atoms with Crippen LogP contribution in [0.2, 0.25) is 0 Å². The second kappa shape index (κ2) is 10.5. The zero-order valence-corrected chi connectivity index (χ0v) is 22.2. The normalized spacial score (nSPS) is 11.4. The second-order valence-electron chi connectivity index (χ2n) is 8.63. The smallest absolute Gasteiger partial charge is 0.176 e. The van der Waals surface area contributed by atoms with E-state index in [1.54, 1.807) is 6.07 Å². The zero-order chi connectivity index (χ0) is 25.0. The lowest BCUT2D eigenvalue weighted by Gasteiger charge is -2.24. The third-order valence-corrected chi connectivity index (χ3v) is 7.25. The molecule has 0 amide bonds. The van der Waals surface area contributed by atoms with Crippen molar-refractivity contribution < 1.29 is 13.2 Å². The molecule has 0 atom stereocenters. The fourth-order valence-electron chi connectivity index (χ4n) is 4.34. The number of aryl methyl sites for hydroxylation is 1. The highest BCUT2D eigenvalue weighted by Crippen LogP contribution is 2.44. The Labute approximate surface area is 204 Å². The highest BCUT2D eigenvalue weighted by Gasteiger charge is 2.24. The van der Waals surface area contributed by atoms with Gasteiger partial charge in [-0.3, -0.25) is 0 Å². The van der Waals surface area contributed by atoms with Crippen molar-refractivity contribution in [2.45, 2.75) is 32.6 Å². The molecule has 0 fully saturated rings. The Morgan fingerprint density at radius 3 is 1.97 bits per heavy atom. The predicted molar refractivity (Wildman–Crippen MR) is 144 cm³/mol. The van der Waals surface area contributed by atoms with Gasteiger partial charge in [-0.1, -0.05) is 18.2 Å². The van der Waals surface area contributed by atoms with E-state index in [0.29, 0.717) is 22.8 Å². The van der Waals surface area contributed by atoms with Gasteiger partial charge < -0.3 is 14.5 Å². The Morgan fingerprint density at radius 2 is 1.44 bits per heavy atom. The van der Waals surface area contributed by atoms with E-state index in [2.05, 4.69) is 49.1 Å². The minimum absolute atomic E-state index is 0.307. The molecule has 0 spiro atoms. The van der Waals surface area contributed by atoms with Crippen molar-refractivity contribution in [2.24, 2.45) is 0 Å². The van der Waals surface area contributed by atoms with Gasteiger partial charge in [-0.15, -0.1) is 0 Å². The van der Waals surface area contributed by atoms with Crippen LogP contribution < -0.4 is 14.5 Å². The maximum absolute atomic E-state index is 12.9. The molecule has 0 heterocycles. The molecule has 3 aromatic rings. The van der Waals surface area contributed by atoms with Gasteiger partial charge in [-0.2, -0.15) is 0 Å². The predicted octanol–water partition coefficient (Wildman–Crippen LogP) is 6.04. The first kappa shape index (κ1) is 25.6. The van der Waals surface area contributed by atoms with E-state index in [4.69, 9.17) is 4.74 Å². The summed E-state index contributed by atoms with van der Waals surface area (Å²) in [4.78, 5) is 4.60. The Balaban J connectivity index is 2.37. The maximum atomic E-state index is 12.9. The van der Waals surface area contributed by atoms with E-state index in [1.807, 2.05) is 51.0 Å². The Morgan fingerprint density at radius 1 is 0.824 bits per heavy atom. The molecule has 34 heavy (non-hydrogen) atoms. The first-order chi connectivity index (χ1) is 16.1. The van der Waals surface area contributed by atoms with Gasteiger partial charge in [0.15, 0.2) is 9.84 Å². The van der Waals surface area contributed by atoms with Gasteiger partial charge >= 0.3 is 0 Å². The van der Waals surface area contributed by atoms with Crippen LogP contribution in [-0.2, 0) is 9.84 Å². The van der Waals surface area contributed by atoms with Crippen molar-refractivity contribution >= 4 is 21.2 Å². The first-order valence-electron chi connectivity index (χ1n) is 11.8. The highest BCUT2D eigenvalue weighted by molar-refractivity contribution is 7.90. The lowest BCUT2D eigenvalue weighted by atomic mass is 9.90. The fraction of sp³-hybridized carbons (Fsp3) is 0.357. The summed E-state index contributed by atoms with van der Waals surface area (Å²) in [6, 6.07) is 17.9. The number of ether oxygens (including phenoxy) is 1. The van der Waals surface area contributed by atoms with E-state index in [1.165, 1.54) is 6.26 Å². The van der Waals surface area contributed by atoms with Crippen LogP contribution in [0.25, 0.3) is 22.3 Å². The monoisotopic (exact) mass is 480 g/mol. The standard InChI is InChI=1S/C28H36N2O3S/c1-8-30(9-2)23-16-17-24(25(19-23)33-10-3)28-26(34(7,31)32)18-11-20(4)27(28)21-12-14-22(15-13-21)29(5)6/h11-19H,8-10H2,1-7H3. The molecule has 6 heteroatoms. The van der Waals surface area contributed by atoms with Crippen LogP contribution in [0.3, 0.4) is 0 Å². The fourth-order valence-corrected chi connectivity index (χ4v) is 5.24. The summed E-state index contributed by atoms with van der Waals surface area (Å²) in [5.41, 5.74) is 6.51. The summed E-state index contributed by atoms with van der Waals surface area (Å²) in [7, 11) is 0.511. The molecule has 0 bridgehead atoms. The Bertz CT molecular complexity index is 1250. The molecule has 3 rings (SSSR count). The van der Waals surface area contributed by atoms with Crippen LogP contribution in [0.15, 0.2) is 59.5 Å². The summed E-state index contributed by atoms with van der Waals surface area (Å²) in [6.07, 6.45) is 1.27. The van der Waals surface area contributed by atoms with Crippen molar-refractivity contribution in [3.05, 3.63) is 60.2 Å². The van der Waals surface area contributed by atoms with Gasteiger partial charge in [0.25, 0.3) is 0 Å². The van der Waals surface area contributed by atoms with Gasteiger partial charge in [0.05, 0.1) is 11.5 Å². The third kappa shape index (κ3) is 5.22. The second-order valence-corrected chi connectivity index (χ2v) is 10.6. The Hall–Kier alpha value is -2.99. The number of anilines is 2. The van der Waals surface area contributed by atoms with E-state index in [9.17, 15) is 8.42 Å². The van der Waals surface area contributed by atoms with Crippen molar-refractivity contribution in [1.29, 1.82) is 0 Å². The molecule has 0 saturated heterocycles. The van der Waals surface area contributed by atoms with Crippen LogP contribution >= 0.6 is 0 Å². The minimum Gasteiger partial charge on any atom is -0.493 e. The largest absolute Gasteiger partial charge is 0.493 e. The Kier molecular flexibility index (Phi) is 7.93. The van der Waals surface area contributed by atoms with Crippen molar-refractivity contribution in [2.75, 3.05) is 49.8 Å². The quantitative estimate of drug-likeness (QED) is 0.373. The van der Waals surface area contributed by atoms with Crippen LogP contribution in [0.5, 0.6) is 5.75 Å². The third-order valence-electron chi connectivity index (χ3n) is 6.11. The van der Waals surface area contributed by atoms with Crippen LogP contribution in [0, 0.1) is 6.92 Å². The number of sulfone groups is 1. The molecule has 5 nitrogen and oxygen atoms in total. The molecular weight excluding hydrogens is 444 g/mol. The first-order valence-corrected chi connectivity index (χ1v) is 13.6. The van der Waals surface area contributed by atoms with Gasteiger partial charge in [-0.05, 0) is 74.7 Å². The molecule has 3 aromatic carbocycles. The summed E-state index contributed by atoms with van der Waals surface area (Å²) >= 11 is 0. The number of benzene rings is 3. The molecule has 0 aromatic heterocycles. The number of hydrogen-bond acceptors (Lipinski definition) is 5. The molecule has 0 unspecified atom stereocenters. The number of nitrogens with zero attached hydrogens (tertiary/aromatic N) is 2. The lowest BCUT2D eigenvalue weighted by Crippen LogP contribution is -2.21. The molecule has 0 N–H and O–H groups in total. The molecule has 182 valence electrons. The summed E-state index contributed by atoms with van der Waals surface area (Å²) in [6.45, 7) is 10.5. The lowest BCUT2D eigenvalue weighted by molar-refractivity contribution is 0.341. The van der Waals surface area contributed by atoms with Gasteiger partial charge in [0.2, 0.25) is 0 Å². The SMILES string of the molecule is CCOc1cc(N(CC)CC)ccc1-c1c(S(C)(=O)=O)ccc(C)c1-c1ccc(N(C)C)cc1. The average Bonchev–Trinajstić information content (AvgIpc) is 2.79. The topological polar surface area (TPSA) is 49.9 Å². The zero-order valence-electron chi connectivity index (χ0n) is 21.3. The molecule has 0 saturated carbocycles. The van der Waals surface area contributed by atoms with E-state index in [0.717, 1.165) is 46.7 Å². The van der Waals surface area contributed by atoms with Crippen molar-refractivity contribution in [3.63, 3.8) is 0 Å². The van der Waals surface area contributed by atoms with E-state index >= 15 is 0 Å². The number of hydrogen-bond donors (Lipinski definition) is 0. The highest BCUT2D eigenvalue weighted by atomic mass is 32.2. The van der Waals surface area contributed by atoms with Crippen molar-refractivity contribution in [3.8, 4) is 28.0 Å². The van der Waals surface area contributed by atoms with Crippen LogP contribution in [0.1, 0.15) is 26.3 Å². The summed E-state index contributed by atoms with van der Waals surface area (Å²) in [5, 5.41) is 0.